The highest BCUT2D eigenvalue weighted by Crippen LogP contribution is 2.15. The highest BCUT2D eigenvalue weighted by Gasteiger charge is 2.17. The predicted octanol–water partition coefficient (Wildman–Crippen LogP) is -0.169. The summed E-state index contributed by atoms with van der Waals surface area (Å²) >= 11 is 0. The molecule has 0 spiro atoms. The number of anilines is 3. The Morgan fingerprint density at radius 3 is 2.67 bits per heavy atom. The highest BCUT2D eigenvalue weighted by molar-refractivity contribution is 5.43. The van der Waals surface area contributed by atoms with Crippen molar-refractivity contribution in [2.75, 3.05) is 55.2 Å². The van der Waals surface area contributed by atoms with E-state index in [4.69, 9.17) is 15.3 Å². The fourth-order valence-corrected chi connectivity index (χ4v) is 1.96. The van der Waals surface area contributed by atoms with Crippen LogP contribution in [0.15, 0.2) is 0 Å². The Morgan fingerprint density at radius 2 is 2.00 bits per heavy atom. The quantitative estimate of drug-likeness (QED) is 0.466. The SMILES string of the molecule is CCOCC(C)Nc1nc(NN)nc(N2CCOCC2)n1. The van der Waals surface area contributed by atoms with Crippen LogP contribution in [0, 0.1) is 0 Å². The number of hydrogen-bond donors (Lipinski definition) is 3. The number of hydrazine groups is 1. The van der Waals surface area contributed by atoms with Crippen molar-refractivity contribution in [2.24, 2.45) is 5.84 Å². The number of hydrogen-bond acceptors (Lipinski definition) is 9. The second-order valence-electron chi connectivity index (χ2n) is 4.73. The van der Waals surface area contributed by atoms with Gasteiger partial charge in [-0.2, -0.15) is 15.0 Å². The van der Waals surface area contributed by atoms with Gasteiger partial charge in [0.1, 0.15) is 0 Å². The molecule has 1 aromatic heterocycles. The lowest BCUT2D eigenvalue weighted by Gasteiger charge is -2.27. The van der Waals surface area contributed by atoms with Crippen molar-refractivity contribution >= 4 is 17.8 Å². The van der Waals surface area contributed by atoms with Gasteiger partial charge in [-0.15, -0.1) is 0 Å². The molecule has 1 saturated heterocycles. The highest BCUT2D eigenvalue weighted by atomic mass is 16.5. The largest absolute Gasteiger partial charge is 0.380 e. The maximum atomic E-state index is 5.43. The minimum atomic E-state index is 0.0931. The molecule has 4 N–H and O–H groups in total. The Morgan fingerprint density at radius 1 is 1.29 bits per heavy atom. The van der Waals surface area contributed by atoms with Crippen LogP contribution in [-0.2, 0) is 9.47 Å². The van der Waals surface area contributed by atoms with Gasteiger partial charge < -0.3 is 19.7 Å². The molecule has 1 unspecified atom stereocenters. The summed E-state index contributed by atoms with van der Waals surface area (Å²) in [6.07, 6.45) is 0. The summed E-state index contributed by atoms with van der Waals surface area (Å²) in [6, 6.07) is 0.0931. The first-order valence-electron chi connectivity index (χ1n) is 7.12. The van der Waals surface area contributed by atoms with Crippen LogP contribution in [0.4, 0.5) is 17.8 Å². The Hall–Kier alpha value is -1.71. The zero-order valence-electron chi connectivity index (χ0n) is 12.5. The fraction of sp³-hybridized carbons (Fsp3) is 0.750. The minimum absolute atomic E-state index is 0.0931. The van der Waals surface area contributed by atoms with Crippen molar-refractivity contribution < 1.29 is 9.47 Å². The molecule has 2 heterocycles. The topological polar surface area (TPSA) is 110 Å². The molecule has 0 aliphatic carbocycles. The molecule has 1 fully saturated rings. The normalized spacial score (nSPS) is 16.6. The van der Waals surface area contributed by atoms with Crippen LogP contribution in [-0.4, -0.2) is 60.5 Å². The third-order valence-corrected chi connectivity index (χ3v) is 2.99. The van der Waals surface area contributed by atoms with Gasteiger partial charge in [-0.25, -0.2) is 5.84 Å². The first-order valence-corrected chi connectivity index (χ1v) is 7.12. The molecular weight excluding hydrogens is 274 g/mol. The monoisotopic (exact) mass is 297 g/mol. The first-order chi connectivity index (χ1) is 10.2. The second-order valence-corrected chi connectivity index (χ2v) is 4.73. The summed E-state index contributed by atoms with van der Waals surface area (Å²) in [4.78, 5) is 15.0. The average molecular weight is 297 g/mol. The molecule has 0 bridgehead atoms. The van der Waals surface area contributed by atoms with Crippen molar-refractivity contribution in [3.05, 3.63) is 0 Å². The fourth-order valence-electron chi connectivity index (χ4n) is 1.96. The Labute approximate surface area is 124 Å². The molecule has 0 radical (unpaired) electrons. The van der Waals surface area contributed by atoms with Gasteiger partial charge in [0, 0.05) is 25.7 Å². The van der Waals surface area contributed by atoms with Crippen molar-refractivity contribution in [3.63, 3.8) is 0 Å². The lowest BCUT2D eigenvalue weighted by Crippen LogP contribution is -2.38. The summed E-state index contributed by atoms with van der Waals surface area (Å²) in [7, 11) is 0. The molecule has 1 aliphatic rings. The van der Waals surface area contributed by atoms with Gasteiger partial charge in [0.25, 0.3) is 0 Å². The van der Waals surface area contributed by atoms with Gasteiger partial charge in [0.15, 0.2) is 0 Å². The molecule has 9 heteroatoms. The molecule has 1 aromatic rings. The summed E-state index contributed by atoms with van der Waals surface area (Å²) in [5.41, 5.74) is 2.47. The van der Waals surface area contributed by atoms with Crippen LogP contribution in [0.2, 0.25) is 0 Å². The zero-order valence-corrected chi connectivity index (χ0v) is 12.5. The summed E-state index contributed by atoms with van der Waals surface area (Å²) in [5.74, 6) is 6.83. The molecule has 2 rings (SSSR count). The van der Waals surface area contributed by atoms with E-state index in [1.165, 1.54) is 0 Å². The van der Waals surface area contributed by atoms with Crippen LogP contribution >= 0.6 is 0 Å². The minimum Gasteiger partial charge on any atom is -0.380 e. The number of aromatic nitrogens is 3. The van der Waals surface area contributed by atoms with E-state index in [0.29, 0.717) is 44.3 Å². The molecule has 0 aromatic carbocycles. The standard InChI is InChI=1S/C12H23N7O2/c1-3-20-8-9(2)14-10-15-11(18-13)17-12(16-10)19-4-6-21-7-5-19/h9H,3-8,13H2,1-2H3,(H2,14,15,16,17,18). The lowest BCUT2D eigenvalue weighted by atomic mass is 10.4. The number of nitrogen functional groups attached to an aromatic ring is 1. The van der Waals surface area contributed by atoms with Crippen molar-refractivity contribution in [2.45, 2.75) is 19.9 Å². The van der Waals surface area contributed by atoms with Gasteiger partial charge in [-0.1, -0.05) is 0 Å². The van der Waals surface area contributed by atoms with Crippen molar-refractivity contribution in [3.8, 4) is 0 Å². The van der Waals surface area contributed by atoms with Crippen LogP contribution in [0.25, 0.3) is 0 Å². The van der Waals surface area contributed by atoms with Crippen molar-refractivity contribution in [1.29, 1.82) is 0 Å². The number of nitrogens with one attached hydrogen (secondary N) is 2. The van der Waals surface area contributed by atoms with E-state index in [1.807, 2.05) is 18.7 Å². The van der Waals surface area contributed by atoms with Crippen molar-refractivity contribution in [1.82, 2.24) is 15.0 Å². The van der Waals surface area contributed by atoms with E-state index in [-0.39, 0.29) is 6.04 Å². The molecule has 1 aliphatic heterocycles. The maximum Gasteiger partial charge on any atom is 0.243 e. The van der Waals surface area contributed by atoms with Gasteiger partial charge in [-0.05, 0) is 13.8 Å². The van der Waals surface area contributed by atoms with Crippen LogP contribution in [0.5, 0.6) is 0 Å². The summed E-state index contributed by atoms with van der Waals surface area (Å²) < 4.78 is 10.7. The first kappa shape index (κ1) is 15.7. The zero-order chi connectivity index (χ0) is 15.1. The second kappa shape index (κ2) is 7.91. The summed E-state index contributed by atoms with van der Waals surface area (Å²) in [6.45, 7) is 8.06. The van der Waals surface area contributed by atoms with E-state index >= 15 is 0 Å². The van der Waals surface area contributed by atoms with Gasteiger partial charge in [0.2, 0.25) is 17.8 Å². The van der Waals surface area contributed by atoms with E-state index in [1.54, 1.807) is 0 Å². The molecule has 0 saturated carbocycles. The third kappa shape index (κ3) is 4.66. The maximum absolute atomic E-state index is 5.43. The Bertz CT molecular complexity index is 440. The molecule has 1 atom stereocenters. The van der Waals surface area contributed by atoms with Gasteiger partial charge >= 0.3 is 0 Å². The number of nitrogens with two attached hydrogens (primary N) is 1. The molecule has 9 nitrogen and oxygen atoms in total. The molecule has 21 heavy (non-hydrogen) atoms. The Balaban J connectivity index is 2.09. The lowest BCUT2D eigenvalue weighted by molar-refractivity contribution is 0.122. The van der Waals surface area contributed by atoms with E-state index in [9.17, 15) is 0 Å². The van der Waals surface area contributed by atoms with Crippen LogP contribution in [0.1, 0.15) is 13.8 Å². The van der Waals surface area contributed by atoms with E-state index in [0.717, 1.165) is 13.1 Å². The van der Waals surface area contributed by atoms with Crippen LogP contribution < -0.4 is 21.5 Å². The third-order valence-electron chi connectivity index (χ3n) is 2.99. The van der Waals surface area contributed by atoms with E-state index < -0.39 is 0 Å². The number of nitrogens with zero attached hydrogens (tertiary/aromatic N) is 4. The van der Waals surface area contributed by atoms with Gasteiger partial charge in [0.05, 0.1) is 19.8 Å². The smallest absolute Gasteiger partial charge is 0.243 e. The Kier molecular flexibility index (Phi) is 5.90. The number of rotatable bonds is 7. The molecule has 0 amide bonds. The summed E-state index contributed by atoms with van der Waals surface area (Å²) in [5, 5.41) is 3.19. The number of morpholine rings is 1. The predicted molar refractivity (Wildman–Crippen MR) is 80.2 cm³/mol. The number of ether oxygens (including phenoxy) is 2. The average Bonchev–Trinajstić information content (AvgIpc) is 2.53. The molecule has 118 valence electrons. The van der Waals surface area contributed by atoms with Crippen LogP contribution in [0.3, 0.4) is 0 Å². The van der Waals surface area contributed by atoms with E-state index in [2.05, 4.69) is 25.7 Å². The molecular formula is C12H23N7O2. The van der Waals surface area contributed by atoms with Gasteiger partial charge in [-0.3, -0.25) is 5.43 Å².